The van der Waals surface area contributed by atoms with Gasteiger partial charge in [-0.3, -0.25) is 0 Å². The van der Waals surface area contributed by atoms with Gasteiger partial charge in [0.25, 0.3) is 0 Å². The number of carboxylic acid groups (broad SMARTS) is 2. The number of carboxylic acids is 2. The Morgan fingerprint density at radius 3 is 1.17 bits per heavy atom. The molecule has 5 heteroatoms. The zero-order chi connectivity index (χ0) is 16.6. The Balaban J connectivity index is 0.000000403. The second-order valence-electron chi connectivity index (χ2n) is 7.84. The van der Waals surface area contributed by atoms with E-state index in [1.807, 2.05) is 0 Å². The van der Waals surface area contributed by atoms with Crippen LogP contribution < -0.4 is 10.2 Å². The van der Waals surface area contributed by atoms with E-state index in [1.54, 1.807) is 0 Å². The topological polar surface area (TPSA) is 80.3 Å². The van der Waals surface area contributed by atoms with Crippen LogP contribution >= 0.6 is 0 Å². The number of hydrogen-bond donors (Lipinski definition) is 0. The second-order valence-corrected chi connectivity index (χ2v) is 7.84. The van der Waals surface area contributed by atoms with E-state index in [2.05, 4.69) is 13.8 Å². The summed E-state index contributed by atoms with van der Waals surface area (Å²) in [5, 5.41) is 20.7. The predicted molar refractivity (Wildman–Crippen MR) is 81.6 cm³/mol. The van der Waals surface area contributed by atoms with Crippen LogP contribution in [0.15, 0.2) is 0 Å². The molecule has 23 heavy (non-hydrogen) atoms. The number of carbonyl (C=O) groups is 2. The number of rotatable bonds is 4. The van der Waals surface area contributed by atoms with E-state index in [4.69, 9.17) is 0 Å². The van der Waals surface area contributed by atoms with Gasteiger partial charge in [0.2, 0.25) is 0 Å². The summed E-state index contributed by atoms with van der Waals surface area (Å²) in [5.74, 6) is -1.79. The molecule has 2 aliphatic carbocycles. The molecular weight excluding hydrogens is 393 g/mol. The minimum Gasteiger partial charge on any atom is -0.550 e. The molecule has 2 fully saturated rings. The fraction of sp³-hybridized carbons (Fsp3) is 0.889. The summed E-state index contributed by atoms with van der Waals surface area (Å²) in [6.45, 7) is 4.12. The molecule has 0 aromatic heterocycles. The fourth-order valence-corrected chi connectivity index (χ4v) is 3.86. The van der Waals surface area contributed by atoms with E-state index in [1.165, 1.54) is 38.5 Å². The number of carbonyl (C=O) groups excluding carboxylic acids is 2. The smallest absolute Gasteiger partial charge is 0.550 e. The quantitative estimate of drug-likeness (QED) is 0.650. The Hall–Kier alpha value is -0.138. The molecule has 0 bridgehead atoms. The number of aliphatic carboxylic acids is 2. The Morgan fingerprint density at radius 1 is 0.696 bits per heavy atom. The van der Waals surface area contributed by atoms with Gasteiger partial charge in [-0.15, -0.1) is 0 Å². The third-order valence-electron chi connectivity index (χ3n) is 5.26. The summed E-state index contributed by atoms with van der Waals surface area (Å²) in [6, 6.07) is 0. The summed E-state index contributed by atoms with van der Waals surface area (Å²) in [4.78, 5) is 20.7. The van der Waals surface area contributed by atoms with Gasteiger partial charge in [0, 0.05) is 11.9 Å². The normalized spacial score (nSPS) is 22.0. The van der Waals surface area contributed by atoms with E-state index in [0.29, 0.717) is 0 Å². The first-order chi connectivity index (χ1) is 10.2. The zero-order valence-corrected chi connectivity index (χ0v) is 18.9. The molecule has 0 radical (unpaired) electrons. The minimum absolute atomic E-state index is 0. The SMILES string of the molecule is CC1(CC(=O)[O-])CCCCC1.CC1(CC(=O)[O-])CCCCC1.[Cd+2]. The van der Waals surface area contributed by atoms with Gasteiger partial charge in [0.1, 0.15) is 0 Å². The van der Waals surface area contributed by atoms with Crippen molar-refractivity contribution in [2.75, 3.05) is 0 Å². The average molecular weight is 423 g/mol. The molecule has 0 saturated heterocycles. The van der Waals surface area contributed by atoms with Crippen LogP contribution in [0.1, 0.15) is 90.9 Å². The van der Waals surface area contributed by atoms with Gasteiger partial charge >= 0.3 is 27.3 Å². The molecule has 2 saturated carbocycles. The molecule has 2 aliphatic rings. The first-order valence-corrected chi connectivity index (χ1v) is 8.64. The third kappa shape index (κ3) is 9.67. The molecule has 0 heterocycles. The van der Waals surface area contributed by atoms with Gasteiger partial charge < -0.3 is 19.8 Å². The molecule has 0 aromatic carbocycles. The maximum atomic E-state index is 10.4. The van der Waals surface area contributed by atoms with Gasteiger partial charge in [-0.05, 0) is 49.4 Å². The summed E-state index contributed by atoms with van der Waals surface area (Å²) in [7, 11) is 0. The molecule has 4 nitrogen and oxygen atoms in total. The van der Waals surface area contributed by atoms with Crippen molar-refractivity contribution in [2.24, 2.45) is 10.8 Å². The van der Waals surface area contributed by atoms with Crippen molar-refractivity contribution in [1.29, 1.82) is 0 Å². The Kier molecular flexibility index (Phi) is 10.6. The molecule has 0 atom stereocenters. The third-order valence-corrected chi connectivity index (χ3v) is 5.26. The van der Waals surface area contributed by atoms with Crippen molar-refractivity contribution in [3.8, 4) is 0 Å². The molecule has 2 rings (SSSR count). The standard InChI is InChI=1S/2C9H16O2.Cd/c2*1-9(7-8(10)11)5-3-2-4-6-9;/h2*2-7H2,1H3,(H,10,11);/q;;+2/p-2. The maximum Gasteiger partial charge on any atom is 2.00 e. The van der Waals surface area contributed by atoms with Gasteiger partial charge in [-0.25, -0.2) is 0 Å². The Bertz CT molecular complexity index is 333. The molecular formula is C18H30CdO4. The van der Waals surface area contributed by atoms with E-state index in [-0.39, 0.29) is 51.0 Å². The average Bonchev–Trinajstić information content (AvgIpc) is 2.38. The van der Waals surface area contributed by atoms with Crippen LogP contribution in [0.25, 0.3) is 0 Å². The van der Waals surface area contributed by atoms with Crippen LogP contribution in [-0.2, 0) is 36.9 Å². The summed E-state index contributed by atoms with van der Waals surface area (Å²) in [5.41, 5.74) is 0.0775. The molecule has 0 N–H and O–H groups in total. The van der Waals surface area contributed by atoms with Crippen LogP contribution in [0, 0.1) is 10.8 Å². The molecule has 0 aliphatic heterocycles. The minimum atomic E-state index is -0.894. The zero-order valence-electron chi connectivity index (χ0n) is 14.8. The maximum absolute atomic E-state index is 10.4. The van der Waals surface area contributed by atoms with Gasteiger partial charge in [-0.1, -0.05) is 52.4 Å². The van der Waals surface area contributed by atoms with Crippen LogP contribution in [0.2, 0.25) is 0 Å². The Labute approximate surface area is 160 Å². The first-order valence-electron chi connectivity index (χ1n) is 8.64. The summed E-state index contributed by atoms with van der Waals surface area (Å²) >= 11 is 0. The number of hydrogen-bond acceptors (Lipinski definition) is 4. The van der Waals surface area contributed by atoms with E-state index >= 15 is 0 Å². The summed E-state index contributed by atoms with van der Waals surface area (Å²) in [6.07, 6.45) is 12.0. The van der Waals surface area contributed by atoms with Crippen LogP contribution in [0.4, 0.5) is 0 Å². The molecule has 0 spiro atoms. The van der Waals surface area contributed by atoms with Gasteiger partial charge in [0.15, 0.2) is 0 Å². The van der Waals surface area contributed by atoms with Crippen LogP contribution in [0.5, 0.6) is 0 Å². The van der Waals surface area contributed by atoms with Crippen molar-refractivity contribution in [2.45, 2.75) is 90.9 Å². The van der Waals surface area contributed by atoms with E-state index in [9.17, 15) is 19.8 Å². The van der Waals surface area contributed by atoms with E-state index < -0.39 is 11.9 Å². The van der Waals surface area contributed by atoms with Gasteiger partial charge in [-0.2, -0.15) is 0 Å². The fourth-order valence-electron chi connectivity index (χ4n) is 3.86. The van der Waals surface area contributed by atoms with E-state index in [0.717, 1.165) is 25.7 Å². The molecule has 0 amide bonds. The van der Waals surface area contributed by atoms with Crippen molar-refractivity contribution in [3.05, 3.63) is 0 Å². The largest absolute Gasteiger partial charge is 2.00 e. The van der Waals surface area contributed by atoms with Crippen LogP contribution in [0.3, 0.4) is 0 Å². The Morgan fingerprint density at radius 2 is 0.957 bits per heavy atom. The van der Waals surface area contributed by atoms with Crippen molar-refractivity contribution in [3.63, 3.8) is 0 Å². The van der Waals surface area contributed by atoms with Crippen LogP contribution in [-0.4, -0.2) is 11.9 Å². The second kappa shape index (κ2) is 10.7. The van der Waals surface area contributed by atoms with Crippen molar-refractivity contribution < 1.29 is 47.1 Å². The molecule has 0 aromatic rings. The summed E-state index contributed by atoms with van der Waals surface area (Å²) < 4.78 is 0. The van der Waals surface area contributed by atoms with Crippen molar-refractivity contribution >= 4 is 11.9 Å². The monoisotopic (exact) mass is 424 g/mol. The van der Waals surface area contributed by atoms with Gasteiger partial charge in [0.05, 0.1) is 0 Å². The van der Waals surface area contributed by atoms with Crippen molar-refractivity contribution in [1.82, 2.24) is 0 Å². The molecule has 128 valence electrons. The first kappa shape index (κ1) is 22.9. The molecule has 0 unspecified atom stereocenters. The predicted octanol–water partition coefficient (Wildman–Crippen LogP) is 2.19.